The maximum Gasteiger partial charge on any atom is 0.311 e. The summed E-state index contributed by atoms with van der Waals surface area (Å²) < 4.78 is 33.8. The molecule has 2 heterocycles. The molecular formula is C100H183N5O14. The molecule has 0 aromatic rings. The SMILES string of the molecule is CCC(C)(C)C(=O)OC1CC2CC1C1CCCC21.CCC(C)(C)C(=O)OC1CC2CCC1(C)C2(C)C.CCC(C)(C)C(=O)OCCN1C(C)(C)CCCC1(C)C.CCC(C)(C)C(=O)OCCOC1CC2CC1C1C=CCC21.CCC(C)C(=O)N(C)C.CCC(C)C(=O)N(CC)CC.CCC(C)C(=O)N1CCOCC1.CCC(C)C(=O)NC(C)C. The highest BCUT2D eigenvalue weighted by atomic mass is 16.6. The van der Waals surface area contributed by atoms with Crippen LogP contribution in [0.5, 0.6) is 0 Å². The van der Waals surface area contributed by atoms with Crippen LogP contribution >= 0.6 is 0 Å². The first kappa shape index (κ1) is 109. The van der Waals surface area contributed by atoms with Crippen LogP contribution < -0.4 is 5.32 Å². The van der Waals surface area contributed by atoms with Crippen LogP contribution in [0, 0.1) is 109 Å². The van der Waals surface area contributed by atoms with Crippen molar-refractivity contribution in [3.63, 3.8) is 0 Å². The number of likely N-dealkylation sites (tertiary alicyclic amines) is 1. The van der Waals surface area contributed by atoms with E-state index in [0.29, 0.717) is 56.4 Å². The molecule has 0 aromatic heterocycles. The topological polar surface area (TPSA) is 217 Å². The number of morpholine rings is 1. The maximum absolute atomic E-state index is 12.3. The molecule has 119 heavy (non-hydrogen) atoms. The van der Waals surface area contributed by atoms with Gasteiger partial charge in [-0.15, -0.1) is 0 Å². The van der Waals surface area contributed by atoms with Gasteiger partial charge in [0.15, 0.2) is 0 Å². The summed E-state index contributed by atoms with van der Waals surface area (Å²) in [6.45, 7) is 70.9. The first-order valence-corrected chi connectivity index (χ1v) is 47.8. The Bertz CT molecular complexity index is 3110. The zero-order valence-corrected chi connectivity index (χ0v) is 82.6. The second-order valence-corrected chi connectivity index (χ2v) is 42.2. The van der Waals surface area contributed by atoms with Crippen LogP contribution in [0.1, 0.15) is 356 Å². The molecule has 2 aliphatic heterocycles. The van der Waals surface area contributed by atoms with Crippen molar-refractivity contribution >= 4 is 47.5 Å². The van der Waals surface area contributed by atoms with Crippen LogP contribution in [-0.4, -0.2) is 182 Å². The van der Waals surface area contributed by atoms with E-state index in [-0.39, 0.29) is 128 Å². The average Bonchev–Trinajstić information content (AvgIpc) is 1.57. The van der Waals surface area contributed by atoms with Gasteiger partial charge in [-0.2, -0.15) is 0 Å². The minimum absolute atomic E-state index is 0.0143. The molecule has 0 spiro atoms. The van der Waals surface area contributed by atoms with Crippen molar-refractivity contribution in [1.82, 2.24) is 24.9 Å². The Kier molecular flexibility index (Phi) is 44.5. The third kappa shape index (κ3) is 30.3. The summed E-state index contributed by atoms with van der Waals surface area (Å²) in [6, 6.07) is 0.265. The lowest BCUT2D eigenvalue weighted by Crippen LogP contribution is -2.59. The first-order valence-electron chi connectivity index (χ1n) is 47.8. The largest absolute Gasteiger partial charge is 0.464 e. The summed E-state index contributed by atoms with van der Waals surface area (Å²) >= 11 is 0. The Morgan fingerprint density at radius 1 is 0.504 bits per heavy atom. The molecule has 6 bridgehead atoms. The van der Waals surface area contributed by atoms with E-state index in [9.17, 15) is 38.4 Å². The summed E-state index contributed by atoms with van der Waals surface area (Å²) in [7, 11) is 3.57. The van der Waals surface area contributed by atoms with Crippen molar-refractivity contribution in [2.75, 3.05) is 79.9 Å². The van der Waals surface area contributed by atoms with Crippen molar-refractivity contribution in [3.05, 3.63) is 12.2 Å². The van der Waals surface area contributed by atoms with E-state index in [1.54, 1.807) is 19.0 Å². The molecule has 9 fully saturated rings. The van der Waals surface area contributed by atoms with Crippen LogP contribution in [-0.2, 0) is 66.8 Å². The lowest BCUT2D eigenvalue weighted by Gasteiger charge is -2.53. The maximum atomic E-state index is 12.3. The number of hydrogen-bond acceptors (Lipinski definition) is 15. The smallest absolute Gasteiger partial charge is 0.311 e. The normalized spacial score (nSPS) is 27.8. The summed E-state index contributed by atoms with van der Waals surface area (Å²) in [4.78, 5) is 101. The van der Waals surface area contributed by atoms with E-state index < -0.39 is 0 Å². The van der Waals surface area contributed by atoms with Crippen molar-refractivity contribution in [2.45, 2.75) is 391 Å². The number of nitrogens with one attached hydrogen (secondary N) is 1. The van der Waals surface area contributed by atoms with Crippen LogP contribution in [0.4, 0.5) is 0 Å². The Hall–Kier alpha value is -4.62. The van der Waals surface area contributed by atoms with Crippen molar-refractivity contribution in [3.8, 4) is 0 Å². The molecule has 1 N–H and O–H groups in total. The Labute approximate surface area is 728 Å². The summed E-state index contributed by atoms with van der Waals surface area (Å²) in [5.74, 6) is 8.85. The predicted molar refractivity (Wildman–Crippen MR) is 485 cm³/mol. The molecule has 2 saturated heterocycles. The fourth-order valence-corrected chi connectivity index (χ4v) is 19.4. The van der Waals surface area contributed by atoms with Gasteiger partial charge in [0.2, 0.25) is 23.6 Å². The number of allylic oxidation sites excluding steroid dienone is 2. The molecule has 19 heteroatoms. The minimum Gasteiger partial charge on any atom is -0.464 e. The molecule has 7 saturated carbocycles. The zero-order valence-electron chi connectivity index (χ0n) is 82.6. The van der Waals surface area contributed by atoms with E-state index in [0.717, 1.165) is 138 Å². The highest BCUT2D eigenvalue weighted by molar-refractivity contribution is 5.80. The van der Waals surface area contributed by atoms with E-state index in [1.165, 1.54) is 77.0 Å². The molecule has 10 rings (SSSR count). The van der Waals surface area contributed by atoms with Crippen LogP contribution in [0.3, 0.4) is 0 Å². The van der Waals surface area contributed by atoms with Gasteiger partial charge in [-0.1, -0.05) is 122 Å². The van der Waals surface area contributed by atoms with E-state index in [4.69, 9.17) is 28.4 Å². The number of rotatable bonds is 28. The van der Waals surface area contributed by atoms with Gasteiger partial charge in [0.25, 0.3) is 0 Å². The van der Waals surface area contributed by atoms with Crippen molar-refractivity contribution < 1.29 is 66.8 Å². The fourth-order valence-electron chi connectivity index (χ4n) is 19.4. The van der Waals surface area contributed by atoms with Gasteiger partial charge < -0.3 is 48.4 Å². The molecule has 4 amide bonds. The monoisotopic (exact) mass is 1680 g/mol. The van der Waals surface area contributed by atoms with Gasteiger partial charge in [0.05, 0.1) is 47.6 Å². The van der Waals surface area contributed by atoms with Gasteiger partial charge >= 0.3 is 23.9 Å². The van der Waals surface area contributed by atoms with E-state index in [2.05, 4.69) is 77.8 Å². The predicted octanol–water partition coefficient (Wildman–Crippen LogP) is 21.0. The Morgan fingerprint density at radius 3 is 1.44 bits per heavy atom. The van der Waals surface area contributed by atoms with Gasteiger partial charge in [-0.05, 0) is 304 Å². The van der Waals surface area contributed by atoms with Crippen LogP contribution in [0.2, 0.25) is 0 Å². The summed E-state index contributed by atoms with van der Waals surface area (Å²) in [5.41, 5.74) is -0.533. The standard InChI is InChI=1S/C18H28O3.C17H33NO2.C16H26O2.C16H28O2.C9H17NO2.C9H19NO.C8H17NO.C7H15NO/c1-4-18(2,3)17(19)21-9-8-20-16-11-12-10-15(16)14-7-5-6-13(12)14;1-8-15(2,3)14(19)20-13-12-18-16(4,5)10-9-11-17(18,6)7;1-4-16(2,3)15(17)18-14-9-10-8-13(14)12-7-5-6-11(10)12;1-7-14(2,3)13(17)18-12-10-11-8-9-16(12,6)15(11,4)5;1-3-8(2)9(11)10-4-6-12-7-5-10;1-5-8(4)9(11)10(6-2)7-3;1-5-7(4)8(10)9-6(2)3;1-5-6(2)7(9)8(3)4/h5,7,12-16H,4,6,8-11H2,1-3H3;8-13H2,1-7H3;10-14H,4-9H2,1-3H3;11-12H,7-10H2,1-6H3;8H,3-7H2,1-2H3;8H,5-7H2,1-4H3;6-7H,5H2,1-4H3,(H,9,10);6H,5H2,1-4H3. The molecule has 692 valence electrons. The highest BCUT2D eigenvalue weighted by Crippen LogP contribution is 2.67. The molecule has 0 aromatic carbocycles. The molecule has 17 atom stereocenters. The van der Waals surface area contributed by atoms with Gasteiger partial charge in [0, 0.05) is 93.0 Å². The number of carbonyl (C=O) groups excluding carboxylic acids is 8. The first-order chi connectivity index (χ1) is 55.3. The average molecular weight is 1680 g/mol. The fraction of sp³-hybridized carbons (Fsp3) is 0.900. The van der Waals surface area contributed by atoms with Gasteiger partial charge in [-0.3, -0.25) is 43.3 Å². The Morgan fingerprint density at radius 2 is 0.975 bits per heavy atom. The number of esters is 4. The molecule has 19 nitrogen and oxygen atoms in total. The molecule has 17 unspecified atom stereocenters. The Balaban J connectivity index is 0.000000358. The second kappa shape index (κ2) is 48.8. The molecular weight excluding hydrogens is 1500 g/mol. The van der Waals surface area contributed by atoms with Crippen LogP contribution in [0.15, 0.2) is 12.2 Å². The van der Waals surface area contributed by atoms with E-state index in [1.807, 2.05) is 169 Å². The quantitative estimate of drug-likeness (QED) is 0.0333. The number of ether oxygens (including phenoxy) is 6. The summed E-state index contributed by atoms with van der Waals surface area (Å²) in [5, 5.41) is 2.85. The second-order valence-electron chi connectivity index (χ2n) is 42.2. The number of nitrogens with zero attached hydrogens (tertiary/aromatic N) is 4. The number of carbonyl (C=O) groups is 8. The summed E-state index contributed by atoms with van der Waals surface area (Å²) in [6.07, 6.45) is 30.4. The van der Waals surface area contributed by atoms with Gasteiger partial charge in [-0.25, -0.2) is 0 Å². The zero-order chi connectivity index (χ0) is 90.7. The number of piperidine rings is 1. The van der Waals surface area contributed by atoms with E-state index >= 15 is 0 Å². The van der Waals surface area contributed by atoms with Crippen molar-refractivity contribution in [2.24, 2.45) is 109 Å². The number of amides is 4. The minimum atomic E-state index is -0.381. The molecule has 10 aliphatic rings. The number of hydrogen-bond donors (Lipinski definition) is 1. The van der Waals surface area contributed by atoms with Crippen molar-refractivity contribution in [1.29, 1.82) is 0 Å². The molecule has 0 radical (unpaired) electrons. The lowest BCUT2D eigenvalue weighted by atomic mass is 9.70. The van der Waals surface area contributed by atoms with Crippen LogP contribution in [0.25, 0.3) is 0 Å². The van der Waals surface area contributed by atoms with Gasteiger partial charge in [0.1, 0.15) is 25.4 Å². The molecule has 8 aliphatic carbocycles. The number of fused-ring (bicyclic) bond motifs is 12. The third-order valence-electron chi connectivity index (χ3n) is 31.0. The lowest BCUT2D eigenvalue weighted by molar-refractivity contribution is -0.167. The highest BCUT2D eigenvalue weighted by Gasteiger charge is 2.63. The third-order valence-corrected chi connectivity index (χ3v) is 31.0.